The third-order valence-electron chi connectivity index (χ3n) is 4.45. The van der Waals surface area contributed by atoms with Gasteiger partial charge in [-0.05, 0) is 49.8 Å². The number of nitrogens with two attached hydrogens (primary N) is 1. The molecule has 3 N–H and O–H groups in total. The second-order valence-corrected chi connectivity index (χ2v) is 6.33. The SMILES string of the molecule is CC1CCC(CN)(C(=O)Nc2ccc(Cl)c(C#N)c2)CC1. The van der Waals surface area contributed by atoms with Gasteiger partial charge in [-0.3, -0.25) is 4.79 Å². The predicted octanol–water partition coefficient (Wildman–Crippen LogP) is 3.31. The number of nitriles is 1. The minimum absolute atomic E-state index is 0.0527. The van der Waals surface area contributed by atoms with E-state index >= 15 is 0 Å². The van der Waals surface area contributed by atoms with Crippen LogP contribution in [0.3, 0.4) is 0 Å². The average Bonchev–Trinajstić information content (AvgIpc) is 2.50. The normalized spacial score (nSPS) is 25.1. The fraction of sp³-hybridized carbons (Fsp3) is 0.500. The number of carbonyl (C=O) groups is 1. The zero-order valence-corrected chi connectivity index (χ0v) is 12.9. The summed E-state index contributed by atoms with van der Waals surface area (Å²) in [4.78, 5) is 12.6. The Bertz CT molecular complexity index is 571. The quantitative estimate of drug-likeness (QED) is 0.899. The summed E-state index contributed by atoms with van der Waals surface area (Å²) in [6, 6.07) is 6.93. The Hall–Kier alpha value is -1.57. The van der Waals surface area contributed by atoms with Gasteiger partial charge in [0.15, 0.2) is 0 Å². The lowest BCUT2D eigenvalue weighted by Gasteiger charge is -2.37. The highest BCUT2D eigenvalue weighted by atomic mass is 35.5. The largest absolute Gasteiger partial charge is 0.329 e. The van der Waals surface area contributed by atoms with Crippen molar-refractivity contribution in [1.29, 1.82) is 5.26 Å². The summed E-state index contributed by atoms with van der Waals surface area (Å²) in [5, 5.41) is 12.3. The molecule has 1 aliphatic carbocycles. The molecule has 0 spiro atoms. The maximum atomic E-state index is 12.6. The maximum Gasteiger partial charge on any atom is 0.231 e. The molecule has 1 aliphatic rings. The van der Waals surface area contributed by atoms with Crippen molar-refractivity contribution in [3.8, 4) is 6.07 Å². The highest BCUT2D eigenvalue weighted by Gasteiger charge is 2.39. The number of halogens is 1. The van der Waals surface area contributed by atoms with E-state index in [4.69, 9.17) is 22.6 Å². The van der Waals surface area contributed by atoms with Crippen molar-refractivity contribution in [2.24, 2.45) is 17.1 Å². The van der Waals surface area contributed by atoms with Crippen molar-refractivity contribution in [2.75, 3.05) is 11.9 Å². The molecule has 21 heavy (non-hydrogen) atoms. The van der Waals surface area contributed by atoms with Crippen LogP contribution in [-0.4, -0.2) is 12.5 Å². The Morgan fingerprint density at radius 2 is 2.19 bits per heavy atom. The molecule has 0 atom stereocenters. The van der Waals surface area contributed by atoms with E-state index in [1.165, 1.54) is 0 Å². The standard InChI is InChI=1S/C16H20ClN3O/c1-11-4-6-16(10-19,7-5-11)15(21)20-13-2-3-14(17)12(8-13)9-18/h2-3,8,11H,4-7,10,19H2,1H3,(H,20,21). The first-order valence-corrected chi connectivity index (χ1v) is 7.60. The lowest BCUT2D eigenvalue weighted by Crippen LogP contribution is -2.44. The van der Waals surface area contributed by atoms with E-state index in [-0.39, 0.29) is 5.91 Å². The fourth-order valence-electron chi connectivity index (χ4n) is 2.79. The van der Waals surface area contributed by atoms with Gasteiger partial charge in [-0.15, -0.1) is 0 Å². The van der Waals surface area contributed by atoms with E-state index in [0.29, 0.717) is 28.7 Å². The molecule has 1 amide bonds. The Morgan fingerprint density at radius 3 is 2.76 bits per heavy atom. The molecular weight excluding hydrogens is 286 g/mol. The van der Waals surface area contributed by atoms with Crippen LogP contribution in [0.15, 0.2) is 18.2 Å². The molecule has 0 bridgehead atoms. The van der Waals surface area contributed by atoms with E-state index in [2.05, 4.69) is 12.2 Å². The van der Waals surface area contributed by atoms with Gasteiger partial charge in [0.25, 0.3) is 0 Å². The highest BCUT2D eigenvalue weighted by molar-refractivity contribution is 6.31. The summed E-state index contributed by atoms with van der Waals surface area (Å²) in [5.41, 5.74) is 6.34. The number of nitrogens with zero attached hydrogens (tertiary/aromatic N) is 1. The molecule has 0 aliphatic heterocycles. The second kappa shape index (κ2) is 6.46. The smallest absolute Gasteiger partial charge is 0.231 e. The van der Waals surface area contributed by atoms with Gasteiger partial charge in [-0.1, -0.05) is 18.5 Å². The number of nitrogens with one attached hydrogen (secondary N) is 1. The number of hydrogen-bond acceptors (Lipinski definition) is 3. The van der Waals surface area contributed by atoms with Crippen LogP contribution in [0.4, 0.5) is 5.69 Å². The van der Waals surface area contributed by atoms with Crippen LogP contribution in [0.2, 0.25) is 5.02 Å². The van der Waals surface area contributed by atoms with Crippen LogP contribution < -0.4 is 11.1 Å². The number of benzene rings is 1. The summed E-state index contributed by atoms with van der Waals surface area (Å²) >= 11 is 5.90. The monoisotopic (exact) mass is 305 g/mol. The van der Waals surface area contributed by atoms with E-state index < -0.39 is 5.41 Å². The van der Waals surface area contributed by atoms with Crippen LogP contribution in [0.25, 0.3) is 0 Å². The number of anilines is 1. The molecule has 0 radical (unpaired) electrons. The Labute approximate surface area is 130 Å². The summed E-state index contributed by atoms with van der Waals surface area (Å²) in [6.45, 7) is 2.56. The molecule has 0 saturated heterocycles. The molecule has 2 rings (SSSR count). The summed E-state index contributed by atoms with van der Waals surface area (Å²) in [5.74, 6) is 0.598. The van der Waals surface area contributed by atoms with Crippen LogP contribution in [0, 0.1) is 22.7 Å². The minimum Gasteiger partial charge on any atom is -0.329 e. The van der Waals surface area contributed by atoms with Gasteiger partial charge in [-0.25, -0.2) is 0 Å². The van der Waals surface area contributed by atoms with Gasteiger partial charge in [0.05, 0.1) is 16.0 Å². The number of amides is 1. The third kappa shape index (κ3) is 3.37. The number of hydrogen-bond donors (Lipinski definition) is 2. The molecule has 0 heterocycles. The van der Waals surface area contributed by atoms with Gasteiger partial charge in [-0.2, -0.15) is 5.26 Å². The summed E-state index contributed by atoms with van der Waals surface area (Å²) in [7, 11) is 0. The van der Waals surface area contributed by atoms with Crippen molar-refractivity contribution < 1.29 is 4.79 Å². The zero-order chi connectivity index (χ0) is 15.5. The van der Waals surface area contributed by atoms with E-state index in [0.717, 1.165) is 25.7 Å². The van der Waals surface area contributed by atoms with Crippen LogP contribution in [0.5, 0.6) is 0 Å². The van der Waals surface area contributed by atoms with Gasteiger partial charge in [0.1, 0.15) is 6.07 Å². The molecule has 0 unspecified atom stereocenters. The molecule has 5 heteroatoms. The zero-order valence-electron chi connectivity index (χ0n) is 12.2. The molecule has 1 fully saturated rings. The Kier molecular flexibility index (Phi) is 4.87. The first-order valence-electron chi connectivity index (χ1n) is 7.22. The molecule has 1 saturated carbocycles. The van der Waals surface area contributed by atoms with Crippen LogP contribution >= 0.6 is 11.6 Å². The topological polar surface area (TPSA) is 78.9 Å². The lowest BCUT2D eigenvalue weighted by molar-refractivity contribution is -0.127. The Balaban J connectivity index is 2.15. The van der Waals surface area contributed by atoms with Crippen molar-refractivity contribution in [3.05, 3.63) is 28.8 Å². The van der Waals surface area contributed by atoms with Gasteiger partial charge < -0.3 is 11.1 Å². The lowest BCUT2D eigenvalue weighted by atomic mass is 9.70. The summed E-state index contributed by atoms with van der Waals surface area (Å²) in [6.07, 6.45) is 3.67. The summed E-state index contributed by atoms with van der Waals surface area (Å²) < 4.78 is 0. The van der Waals surface area contributed by atoms with Crippen molar-refractivity contribution in [3.63, 3.8) is 0 Å². The fourth-order valence-corrected chi connectivity index (χ4v) is 2.95. The van der Waals surface area contributed by atoms with Crippen molar-refractivity contribution in [2.45, 2.75) is 32.6 Å². The first kappa shape index (κ1) is 15.8. The molecule has 1 aromatic carbocycles. The predicted molar refractivity (Wildman–Crippen MR) is 83.9 cm³/mol. The van der Waals surface area contributed by atoms with Crippen molar-refractivity contribution >= 4 is 23.2 Å². The first-order chi connectivity index (χ1) is 10.0. The van der Waals surface area contributed by atoms with E-state index in [9.17, 15) is 4.79 Å². The van der Waals surface area contributed by atoms with E-state index in [1.807, 2.05) is 6.07 Å². The Morgan fingerprint density at radius 1 is 1.52 bits per heavy atom. The van der Waals surface area contributed by atoms with Gasteiger partial charge >= 0.3 is 0 Å². The van der Waals surface area contributed by atoms with Crippen molar-refractivity contribution in [1.82, 2.24) is 0 Å². The maximum absolute atomic E-state index is 12.6. The molecule has 0 aromatic heterocycles. The molecule has 4 nitrogen and oxygen atoms in total. The second-order valence-electron chi connectivity index (χ2n) is 5.93. The van der Waals surface area contributed by atoms with Crippen LogP contribution in [-0.2, 0) is 4.79 Å². The van der Waals surface area contributed by atoms with E-state index in [1.54, 1.807) is 18.2 Å². The number of rotatable bonds is 3. The average molecular weight is 306 g/mol. The molecule has 112 valence electrons. The van der Waals surface area contributed by atoms with Gasteiger partial charge in [0, 0.05) is 12.2 Å². The highest BCUT2D eigenvalue weighted by Crippen LogP contribution is 2.39. The van der Waals surface area contributed by atoms with Gasteiger partial charge in [0.2, 0.25) is 5.91 Å². The molecule has 1 aromatic rings. The minimum atomic E-state index is -0.487. The third-order valence-corrected chi connectivity index (χ3v) is 4.78. The number of carbonyl (C=O) groups excluding carboxylic acids is 1. The van der Waals surface area contributed by atoms with Crippen LogP contribution in [0.1, 0.15) is 38.2 Å². The molecular formula is C16H20ClN3O.